The van der Waals surface area contributed by atoms with Crippen molar-refractivity contribution in [2.75, 3.05) is 20.8 Å². The second-order valence-electron chi connectivity index (χ2n) is 5.11. The number of carbonyl (C=O) groups excluding carboxylic acids is 1. The van der Waals surface area contributed by atoms with Crippen LogP contribution in [0.25, 0.3) is 0 Å². The van der Waals surface area contributed by atoms with Gasteiger partial charge in [-0.25, -0.2) is 0 Å². The Kier molecular flexibility index (Phi) is 5.88. The Morgan fingerprint density at radius 3 is 2.76 bits per heavy atom. The van der Waals surface area contributed by atoms with Gasteiger partial charge in [0.25, 0.3) is 0 Å². The van der Waals surface area contributed by atoms with Crippen LogP contribution in [0.15, 0.2) is 12.1 Å². The van der Waals surface area contributed by atoms with Crippen LogP contribution in [0, 0.1) is 0 Å². The Hall–Kier alpha value is -1.26. The van der Waals surface area contributed by atoms with E-state index in [1.165, 1.54) is 20.6 Å². The monoisotopic (exact) mass is 312 g/mol. The van der Waals surface area contributed by atoms with Gasteiger partial charge in [0.15, 0.2) is 11.5 Å². The van der Waals surface area contributed by atoms with Crippen LogP contribution in [-0.4, -0.2) is 32.7 Å². The number of rotatable bonds is 6. The van der Waals surface area contributed by atoms with Gasteiger partial charge in [0.2, 0.25) is 0 Å². The van der Waals surface area contributed by atoms with Gasteiger partial charge in [0, 0.05) is 13.0 Å². The van der Waals surface area contributed by atoms with Crippen molar-refractivity contribution in [3.63, 3.8) is 0 Å². The molecule has 0 radical (unpaired) electrons. The zero-order chi connectivity index (χ0) is 15.2. The van der Waals surface area contributed by atoms with Crippen LogP contribution in [0.1, 0.15) is 42.5 Å². The molecule has 0 bridgehead atoms. The van der Waals surface area contributed by atoms with E-state index in [2.05, 4.69) is 0 Å². The normalized spacial score (nSPS) is 18.3. The van der Waals surface area contributed by atoms with Crippen LogP contribution in [0.4, 0.5) is 0 Å². The quantitative estimate of drug-likeness (QED) is 0.748. The molecule has 1 aliphatic rings. The van der Waals surface area contributed by atoms with E-state index in [0.717, 1.165) is 25.9 Å². The highest BCUT2D eigenvalue weighted by atomic mass is 35.5. The largest absolute Gasteiger partial charge is 0.495 e. The van der Waals surface area contributed by atoms with Crippen molar-refractivity contribution < 1.29 is 19.0 Å². The molecule has 0 aromatic heterocycles. The average molecular weight is 313 g/mol. The van der Waals surface area contributed by atoms with Crippen LogP contribution in [0.2, 0.25) is 5.02 Å². The highest BCUT2D eigenvalue weighted by Gasteiger charge is 2.20. The summed E-state index contributed by atoms with van der Waals surface area (Å²) in [7, 11) is 3.03. The molecule has 5 heteroatoms. The average Bonchev–Trinajstić information content (AvgIpc) is 2.53. The molecule has 1 unspecified atom stereocenters. The number of methoxy groups -OCH3 is 2. The minimum Gasteiger partial charge on any atom is -0.495 e. The molecule has 0 aliphatic carbocycles. The number of Topliss-reactive ketones (excluding diaryl/α,β-unsaturated/α-hetero) is 1. The lowest BCUT2D eigenvalue weighted by atomic mass is 9.99. The fourth-order valence-corrected chi connectivity index (χ4v) is 2.90. The summed E-state index contributed by atoms with van der Waals surface area (Å²) in [6, 6.07) is 3.39. The molecule has 1 atom stereocenters. The molecule has 0 N–H and O–H groups in total. The molecule has 4 nitrogen and oxygen atoms in total. The molecule has 2 rings (SSSR count). The molecule has 1 aliphatic heterocycles. The zero-order valence-electron chi connectivity index (χ0n) is 12.5. The van der Waals surface area contributed by atoms with E-state index in [0.29, 0.717) is 28.5 Å². The highest BCUT2D eigenvalue weighted by Crippen LogP contribution is 2.37. The Morgan fingerprint density at radius 2 is 2.14 bits per heavy atom. The molecular weight excluding hydrogens is 292 g/mol. The first-order valence-corrected chi connectivity index (χ1v) is 7.60. The third kappa shape index (κ3) is 3.89. The predicted octanol–water partition coefficient (Wildman–Crippen LogP) is 3.89. The molecule has 116 valence electrons. The van der Waals surface area contributed by atoms with Gasteiger partial charge in [-0.1, -0.05) is 11.6 Å². The lowest BCUT2D eigenvalue weighted by molar-refractivity contribution is 0.0104. The maximum atomic E-state index is 12.4. The fraction of sp³-hybridized carbons (Fsp3) is 0.562. The van der Waals surface area contributed by atoms with Gasteiger partial charge in [0.1, 0.15) is 10.8 Å². The van der Waals surface area contributed by atoms with Crippen molar-refractivity contribution in [3.8, 4) is 11.5 Å². The number of hydrogen-bond acceptors (Lipinski definition) is 4. The van der Waals surface area contributed by atoms with E-state index >= 15 is 0 Å². The summed E-state index contributed by atoms with van der Waals surface area (Å²) in [5, 5.41) is 0.333. The lowest BCUT2D eigenvalue weighted by Gasteiger charge is -2.22. The number of ether oxygens (including phenoxy) is 3. The summed E-state index contributed by atoms with van der Waals surface area (Å²) in [6.45, 7) is 0.802. The molecule has 1 aromatic rings. The van der Waals surface area contributed by atoms with Gasteiger partial charge in [-0.05, 0) is 37.8 Å². The Morgan fingerprint density at radius 1 is 1.33 bits per heavy atom. The number of halogens is 1. The maximum absolute atomic E-state index is 12.4. The van der Waals surface area contributed by atoms with Crippen LogP contribution in [0.3, 0.4) is 0 Å². The molecule has 1 saturated heterocycles. The molecular formula is C16H21ClO4. The van der Waals surface area contributed by atoms with Crippen LogP contribution in [-0.2, 0) is 4.74 Å². The van der Waals surface area contributed by atoms with Crippen molar-refractivity contribution in [1.82, 2.24) is 0 Å². The topological polar surface area (TPSA) is 44.8 Å². The first-order valence-electron chi connectivity index (χ1n) is 7.22. The van der Waals surface area contributed by atoms with Crippen molar-refractivity contribution in [1.29, 1.82) is 0 Å². The van der Waals surface area contributed by atoms with E-state index < -0.39 is 0 Å². The standard InChI is InChI=1S/C16H21ClO4/c1-19-14-9-7-12(16(20-2)15(14)17)13(18)8-6-11-5-3-4-10-21-11/h7,9,11H,3-6,8,10H2,1-2H3. The van der Waals surface area contributed by atoms with Gasteiger partial charge >= 0.3 is 0 Å². The first-order chi connectivity index (χ1) is 10.2. The van der Waals surface area contributed by atoms with Crippen LogP contribution >= 0.6 is 11.6 Å². The molecule has 21 heavy (non-hydrogen) atoms. The third-order valence-electron chi connectivity index (χ3n) is 3.75. The molecule has 1 fully saturated rings. The smallest absolute Gasteiger partial charge is 0.166 e. The number of hydrogen-bond donors (Lipinski definition) is 0. The Bertz CT molecular complexity index is 495. The van der Waals surface area contributed by atoms with Gasteiger partial charge in [-0.3, -0.25) is 4.79 Å². The van der Waals surface area contributed by atoms with E-state index in [-0.39, 0.29) is 11.9 Å². The summed E-state index contributed by atoms with van der Waals surface area (Å²) in [5.74, 6) is 0.900. The summed E-state index contributed by atoms with van der Waals surface area (Å²) < 4.78 is 16.1. The minimum absolute atomic E-state index is 0.0191. The molecule has 1 heterocycles. The van der Waals surface area contributed by atoms with Crippen LogP contribution < -0.4 is 9.47 Å². The van der Waals surface area contributed by atoms with Gasteiger partial charge in [0.05, 0.1) is 25.9 Å². The molecule has 0 saturated carbocycles. The highest BCUT2D eigenvalue weighted by molar-refractivity contribution is 6.34. The minimum atomic E-state index is 0.0191. The lowest BCUT2D eigenvalue weighted by Crippen LogP contribution is -2.20. The first kappa shape index (κ1) is 16.1. The number of ketones is 1. The van der Waals surface area contributed by atoms with E-state index in [9.17, 15) is 4.79 Å². The van der Waals surface area contributed by atoms with Crippen molar-refractivity contribution in [2.24, 2.45) is 0 Å². The summed E-state index contributed by atoms with van der Waals surface area (Å²) in [4.78, 5) is 12.4. The van der Waals surface area contributed by atoms with E-state index in [4.69, 9.17) is 25.8 Å². The van der Waals surface area contributed by atoms with Gasteiger partial charge < -0.3 is 14.2 Å². The SMILES string of the molecule is COc1ccc(C(=O)CCC2CCCCO2)c(OC)c1Cl. The Balaban J connectivity index is 2.06. The number of carbonyl (C=O) groups is 1. The third-order valence-corrected chi connectivity index (χ3v) is 4.11. The van der Waals surface area contributed by atoms with E-state index in [1.807, 2.05) is 0 Å². The second kappa shape index (κ2) is 7.66. The van der Waals surface area contributed by atoms with Crippen LogP contribution in [0.5, 0.6) is 11.5 Å². The van der Waals surface area contributed by atoms with Gasteiger partial charge in [-0.15, -0.1) is 0 Å². The number of benzene rings is 1. The molecule has 0 spiro atoms. The van der Waals surface area contributed by atoms with Crippen molar-refractivity contribution >= 4 is 17.4 Å². The predicted molar refractivity (Wildman–Crippen MR) is 81.7 cm³/mol. The maximum Gasteiger partial charge on any atom is 0.166 e. The molecule has 0 amide bonds. The zero-order valence-corrected chi connectivity index (χ0v) is 13.2. The van der Waals surface area contributed by atoms with E-state index in [1.54, 1.807) is 12.1 Å². The second-order valence-corrected chi connectivity index (χ2v) is 5.49. The fourth-order valence-electron chi connectivity index (χ4n) is 2.58. The molecule has 1 aromatic carbocycles. The summed E-state index contributed by atoms with van der Waals surface area (Å²) in [6.07, 6.45) is 4.70. The van der Waals surface area contributed by atoms with Crippen molar-refractivity contribution in [2.45, 2.75) is 38.2 Å². The summed E-state index contributed by atoms with van der Waals surface area (Å²) in [5.41, 5.74) is 0.499. The van der Waals surface area contributed by atoms with Crippen molar-refractivity contribution in [3.05, 3.63) is 22.7 Å². The van der Waals surface area contributed by atoms with Gasteiger partial charge in [-0.2, -0.15) is 0 Å². The Labute approximate surface area is 130 Å². The summed E-state index contributed by atoms with van der Waals surface area (Å²) >= 11 is 6.18.